The highest BCUT2D eigenvalue weighted by atomic mass is 79.9. The number of halogens is 3. The minimum atomic E-state index is -0.835. The van der Waals surface area contributed by atoms with Gasteiger partial charge in [0, 0.05) is 15.1 Å². The van der Waals surface area contributed by atoms with Gasteiger partial charge in [-0.25, -0.2) is 9.69 Å². The summed E-state index contributed by atoms with van der Waals surface area (Å²) in [7, 11) is 0. The van der Waals surface area contributed by atoms with E-state index in [2.05, 4.69) is 21.2 Å². The van der Waals surface area contributed by atoms with Gasteiger partial charge in [0.25, 0.3) is 11.8 Å². The van der Waals surface area contributed by atoms with E-state index in [1.165, 1.54) is 18.2 Å². The van der Waals surface area contributed by atoms with E-state index in [-0.39, 0.29) is 11.3 Å². The summed E-state index contributed by atoms with van der Waals surface area (Å²) >= 11 is 15.7. The van der Waals surface area contributed by atoms with Gasteiger partial charge >= 0.3 is 6.03 Å². The van der Waals surface area contributed by atoms with E-state index in [9.17, 15) is 14.4 Å². The molecule has 166 valence electrons. The number of barbiturate groups is 1. The van der Waals surface area contributed by atoms with Gasteiger partial charge in [0.05, 0.1) is 10.7 Å². The molecule has 4 amide bonds. The predicted octanol–water partition coefficient (Wildman–Crippen LogP) is 6.00. The molecule has 0 aromatic heterocycles. The van der Waals surface area contributed by atoms with Crippen LogP contribution in [0.4, 0.5) is 10.5 Å². The molecule has 33 heavy (non-hydrogen) atoms. The number of carbonyl (C=O) groups is 3. The Bertz CT molecular complexity index is 1290. The first kappa shape index (κ1) is 23.0. The van der Waals surface area contributed by atoms with Gasteiger partial charge in [-0.2, -0.15) is 0 Å². The van der Waals surface area contributed by atoms with Crippen molar-refractivity contribution in [2.45, 2.75) is 6.61 Å². The molecule has 3 aromatic carbocycles. The molecule has 0 unspecified atom stereocenters. The molecule has 1 N–H and O–H groups in total. The fraction of sp³-hybridized carbons (Fsp3) is 0.0417. The van der Waals surface area contributed by atoms with Gasteiger partial charge < -0.3 is 4.74 Å². The molecule has 1 aliphatic heterocycles. The Balaban J connectivity index is 1.57. The predicted molar refractivity (Wildman–Crippen MR) is 130 cm³/mol. The summed E-state index contributed by atoms with van der Waals surface area (Å²) in [6.45, 7) is 0.306. The standard InChI is InChI=1S/C24H15BrCl2N2O4/c25-19-4-2-1-3-15(19)13-33-21-10-5-14(12-20(21)27)11-18-22(30)28-24(32)29(23(18)31)17-8-6-16(26)7-9-17/h1-12H,13H2,(H,28,30,32)/b18-11+. The number of rotatable bonds is 5. The average molecular weight is 546 g/mol. The van der Waals surface area contributed by atoms with Crippen LogP contribution in [0.25, 0.3) is 6.08 Å². The zero-order valence-corrected chi connectivity index (χ0v) is 19.9. The van der Waals surface area contributed by atoms with E-state index in [4.69, 9.17) is 27.9 Å². The Labute approximate surface area is 207 Å². The molecule has 1 aliphatic rings. The van der Waals surface area contributed by atoms with Crippen LogP contribution in [0.2, 0.25) is 10.0 Å². The lowest BCUT2D eigenvalue weighted by molar-refractivity contribution is -0.122. The highest BCUT2D eigenvalue weighted by Gasteiger charge is 2.36. The zero-order valence-electron chi connectivity index (χ0n) is 16.8. The molecule has 0 spiro atoms. The third-order valence-electron chi connectivity index (χ3n) is 4.79. The largest absolute Gasteiger partial charge is 0.487 e. The molecular formula is C24H15BrCl2N2O4. The fourth-order valence-electron chi connectivity index (χ4n) is 3.14. The Morgan fingerprint density at radius 2 is 1.70 bits per heavy atom. The van der Waals surface area contributed by atoms with Gasteiger partial charge in [0.15, 0.2) is 0 Å². The van der Waals surface area contributed by atoms with E-state index >= 15 is 0 Å². The molecule has 0 atom stereocenters. The van der Waals surface area contributed by atoms with Crippen molar-refractivity contribution in [1.29, 1.82) is 0 Å². The van der Waals surface area contributed by atoms with E-state index in [0.717, 1.165) is 14.9 Å². The average Bonchev–Trinajstić information content (AvgIpc) is 2.78. The number of nitrogens with zero attached hydrogens (tertiary/aromatic N) is 1. The molecule has 1 saturated heterocycles. The summed E-state index contributed by atoms with van der Waals surface area (Å²) in [5.41, 5.74) is 1.53. The minimum Gasteiger partial charge on any atom is -0.487 e. The first-order chi connectivity index (χ1) is 15.8. The van der Waals surface area contributed by atoms with Crippen molar-refractivity contribution in [2.24, 2.45) is 0 Å². The fourth-order valence-corrected chi connectivity index (χ4v) is 3.91. The smallest absolute Gasteiger partial charge is 0.335 e. The highest BCUT2D eigenvalue weighted by molar-refractivity contribution is 9.10. The summed E-state index contributed by atoms with van der Waals surface area (Å²) in [4.78, 5) is 38.5. The maximum Gasteiger partial charge on any atom is 0.335 e. The molecule has 0 aliphatic carbocycles. The van der Waals surface area contributed by atoms with Gasteiger partial charge in [-0.05, 0) is 54.1 Å². The molecular weight excluding hydrogens is 531 g/mol. The molecule has 1 fully saturated rings. The molecule has 0 radical (unpaired) electrons. The van der Waals surface area contributed by atoms with Crippen LogP contribution in [0.5, 0.6) is 5.75 Å². The van der Waals surface area contributed by atoms with Crippen LogP contribution in [0.15, 0.2) is 76.8 Å². The summed E-state index contributed by atoms with van der Waals surface area (Å²) < 4.78 is 6.72. The molecule has 4 rings (SSSR count). The number of nitrogens with one attached hydrogen (secondary N) is 1. The van der Waals surface area contributed by atoms with E-state index in [1.54, 1.807) is 30.3 Å². The Morgan fingerprint density at radius 3 is 2.39 bits per heavy atom. The highest BCUT2D eigenvalue weighted by Crippen LogP contribution is 2.29. The Hall–Kier alpha value is -3.13. The van der Waals surface area contributed by atoms with Crippen molar-refractivity contribution in [1.82, 2.24) is 5.32 Å². The SMILES string of the molecule is O=C1NC(=O)N(c2ccc(Cl)cc2)C(=O)/C1=C/c1ccc(OCc2ccccc2Br)c(Cl)c1. The number of carbonyl (C=O) groups excluding carboxylic acids is 3. The number of imide groups is 2. The molecule has 3 aromatic rings. The Kier molecular flexibility index (Phi) is 6.83. The normalized spacial score (nSPS) is 15.1. The van der Waals surface area contributed by atoms with Crippen molar-refractivity contribution in [2.75, 3.05) is 4.90 Å². The number of hydrogen-bond acceptors (Lipinski definition) is 4. The van der Waals surface area contributed by atoms with Gasteiger partial charge in [-0.1, -0.05) is 63.4 Å². The first-order valence-electron chi connectivity index (χ1n) is 9.66. The number of ether oxygens (including phenoxy) is 1. The van der Waals surface area contributed by atoms with Gasteiger partial charge in [-0.3, -0.25) is 14.9 Å². The van der Waals surface area contributed by atoms with Crippen molar-refractivity contribution in [3.05, 3.63) is 97.9 Å². The minimum absolute atomic E-state index is 0.206. The summed E-state index contributed by atoms with van der Waals surface area (Å²) in [5, 5.41) is 2.94. The summed E-state index contributed by atoms with van der Waals surface area (Å²) in [6, 6.07) is 17.8. The lowest BCUT2D eigenvalue weighted by Gasteiger charge is -2.26. The molecule has 0 saturated carbocycles. The van der Waals surface area contributed by atoms with Crippen molar-refractivity contribution >= 4 is 68.7 Å². The quantitative estimate of drug-likeness (QED) is 0.315. The summed E-state index contributed by atoms with van der Waals surface area (Å²) in [6.07, 6.45) is 1.37. The van der Waals surface area contributed by atoms with Gasteiger partial charge in [-0.15, -0.1) is 0 Å². The topological polar surface area (TPSA) is 75.7 Å². The molecule has 9 heteroatoms. The van der Waals surface area contributed by atoms with Gasteiger partial charge in [0.1, 0.15) is 17.9 Å². The van der Waals surface area contributed by atoms with Crippen molar-refractivity contribution in [3.8, 4) is 5.75 Å². The number of benzene rings is 3. The third-order valence-corrected chi connectivity index (χ3v) is 6.12. The second-order valence-corrected chi connectivity index (χ2v) is 8.70. The monoisotopic (exact) mass is 544 g/mol. The van der Waals surface area contributed by atoms with E-state index in [0.29, 0.717) is 28.0 Å². The van der Waals surface area contributed by atoms with Crippen molar-refractivity contribution < 1.29 is 19.1 Å². The van der Waals surface area contributed by atoms with Crippen LogP contribution < -0.4 is 15.0 Å². The van der Waals surface area contributed by atoms with Crippen LogP contribution in [-0.2, 0) is 16.2 Å². The summed E-state index contributed by atoms with van der Waals surface area (Å²) in [5.74, 6) is -1.09. The van der Waals surface area contributed by atoms with Crippen LogP contribution in [-0.4, -0.2) is 17.8 Å². The first-order valence-corrected chi connectivity index (χ1v) is 11.2. The number of hydrogen-bond donors (Lipinski definition) is 1. The van der Waals surface area contributed by atoms with E-state index < -0.39 is 17.8 Å². The van der Waals surface area contributed by atoms with Gasteiger partial charge in [0.2, 0.25) is 0 Å². The molecule has 0 bridgehead atoms. The lowest BCUT2D eigenvalue weighted by atomic mass is 10.1. The van der Waals surface area contributed by atoms with E-state index in [1.807, 2.05) is 24.3 Å². The maximum atomic E-state index is 13.0. The van der Waals surface area contributed by atoms with Crippen LogP contribution in [0, 0.1) is 0 Å². The Morgan fingerprint density at radius 1 is 0.970 bits per heavy atom. The van der Waals surface area contributed by atoms with Crippen LogP contribution in [0.3, 0.4) is 0 Å². The second kappa shape index (κ2) is 9.79. The number of anilines is 1. The maximum absolute atomic E-state index is 13.0. The molecule has 1 heterocycles. The third kappa shape index (κ3) is 5.11. The number of amides is 4. The molecule has 6 nitrogen and oxygen atoms in total. The van der Waals surface area contributed by atoms with Crippen LogP contribution in [0.1, 0.15) is 11.1 Å². The van der Waals surface area contributed by atoms with Crippen molar-refractivity contribution in [3.63, 3.8) is 0 Å². The zero-order chi connectivity index (χ0) is 23.5. The lowest BCUT2D eigenvalue weighted by Crippen LogP contribution is -2.54. The number of urea groups is 1. The van der Waals surface area contributed by atoms with Crippen LogP contribution >= 0.6 is 39.1 Å². The second-order valence-electron chi connectivity index (χ2n) is 7.00.